The van der Waals surface area contributed by atoms with Gasteiger partial charge in [0, 0.05) is 11.6 Å². The van der Waals surface area contributed by atoms with Crippen molar-refractivity contribution in [1.82, 2.24) is 0 Å². The van der Waals surface area contributed by atoms with Crippen LogP contribution in [0.15, 0.2) is 91.0 Å². The number of ether oxygens (including phenoxy) is 1. The second kappa shape index (κ2) is 8.86. The minimum Gasteiger partial charge on any atom is -0.469 e. The SMILES string of the molecule is COC(=O)C[C@H](c1ccccc1)[C@@H](Nc1ccccc1)c1ccccc1. The van der Waals surface area contributed by atoms with Gasteiger partial charge in [0.25, 0.3) is 0 Å². The van der Waals surface area contributed by atoms with E-state index in [0.717, 1.165) is 16.8 Å². The van der Waals surface area contributed by atoms with E-state index in [1.165, 1.54) is 7.11 Å². The van der Waals surface area contributed by atoms with Gasteiger partial charge >= 0.3 is 5.97 Å². The zero-order chi connectivity index (χ0) is 18.2. The number of hydrogen-bond donors (Lipinski definition) is 1. The highest BCUT2D eigenvalue weighted by molar-refractivity contribution is 5.71. The number of carbonyl (C=O) groups excluding carboxylic acids is 1. The van der Waals surface area contributed by atoms with Crippen molar-refractivity contribution in [1.29, 1.82) is 0 Å². The molecule has 2 atom stereocenters. The molecular weight excluding hydrogens is 322 g/mol. The summed E-state index contributed by atoms with van der Waals surface area (Å²) >= 11 is 0. The molecule has 3 aromatic carbocycles. The van der Waals surface area contributed by atoms with Crippen LogP contribution in [0.4, 0.5) is 5.69 Å². The molecule has 132 valence electrons. The average Bonchev–Trinajstić information content (AvgIpc) is 2.72. The molecule has 0 aromatic heterocycles. The van der Waals surface area contributed by atoms with Crippen LogP contribution in [0.3, 0.4) is 0 Å². The van der Waals surface area contributed by atoms with Crippen LogP contribution in [0.25, 0.3) is 0 Å². The number of carbonyl (C=O) groups is 1. The Morgan fingerprint density at radius 1 is 0.808 bits per heavy atom. The second-order valence-corrected chi connectivity index (χ2v) is 6.20. The largest absolute Gasteiger partial charge is 0.469 e. The van der Waals surface area contributed by atoms with Gasteiger partial charge in [-0.15, -0.1) is 0 Å². The molecule has 3 heteroatoms. The summed E-state index contributed by atoms with van der Waals surface area (Å²) in [5.74, 6) is -0.263. The Hall–Kier alpha value is -3.07. The summed E-state index contributed by atoms with van der Waals surface area (Å²) in [7, 11) is 1.44. The van der Waals surface area contributed by atoms with Crippen LogP contribution in [0.1, 0.15) is 29.5 Å². The van der Waals surface area contributed by atoms with Crippen LogP contribution in [-0.2, 0) is 9.53 Å². The molecule has 0 saturated heterocycles. The Morgan fingerprint density at radius 3 is 1.85 bits per heavy atom. The average molecular weight is 345 g/mol. The molecule has 26 heavy (non-hydrogen) atoms. The fourth-order valence-corrected chi connectivity index (χ4v) is 3.18. The van der Waals surface area contributed by atoms with Crippen molar-refractivity contribution >= 4 is 11.7 Å². The molecular formula is C23H23NO2. The summed E-state index contributed by atoms with van der Waals surface area (Å²) in [6.45, 7) is 0. The van der Waals surface area contributed by atoms with E-state index < -0.39 is 0 Å². The predicted octanol–water partition coefficient (Wildman–Crippen LogP) is 5.19. The third-order valence-corrected chi connectivity index (χ3v) is 4.50. The van der Waals surface area contributed by atoms with Gasteiger partial charge in [-0.1, -0.05) is 78.9 Å². The first-order chi connectivity index (χ1) is 12.8. The van der Waals surface area contributed by atoms with E-state index in [1.807, 2.05) is 66.7 Å². The molecule has 0 fully saturated rings. The van der Waals surface area contributed by atoms with Crippen LogP contribution >= 0.6 is 0 Å². The van der Waals surface area contributed by atoms with Crippen molar-refractivity contribution in [2.45, 2.75) is 18.4 Å². The monoisotopic (exact) mass is 345 g/mol. The third kappa shape index (κ3) is 4.51. The molecule has 0 aliphatic rings. The van der Waals surface area contributed by atoms with E-state index in [4.69, 9.17) is 4.74 Å². The molecule has 0 aliphatic heterocycles. The molecule has 1 N–H and O–H groups in total. The molecule has 0 radical (unpaired) electrons. The summed E-state index contributed by atoms with van der Waals surface area (Å²) in [4.78, 5) is 12.1. The highest BCUT2D eigenvalue weighted by Crippen LogP contribution is 2.36. The standard InChI is InChI=1S/C23H23NO2/c1-26-22(25)17-21(18-11-5-2-6-12-18)23(19-13-7-3-8-14-19)24-20-15-9-4-10-16-20/h2-16,21,23-24H,17H2,1H3/t21-,23+/m1/s1. The zero-order valence-corrected chi connectivity index (χ0v) is 14.8. The van der Waals surface area contributed by atoms with Gasteiger partial charge in [-0.25, -0.2) is 0 Å². The van der Waals surface area contributed by atoms with Crippen molar-refractivity contribution < 1.29 is 9.53 Å². The lowest BCUT2D eigenvalue weighted by Crippen LogP contribution is -2.22. The topological polar surface area (TPSA) is 38.3 Å². The summed E-state index contributed by atoms with van der Waals surface area (Å²) in [5.41, 5.74) is 3.26. The van der Waals surface area contributed by atoms with Crippen LogP contribution in [0.2, 0.25) is 0 Å². The van der Waals surface area contributed by atoms with E-state index in [-0.39, 0.29) is 17.9 Å². The third-order valence-electron chi connectivity index (χ3n) is 4.50. The van der Waals surface area contributed by atoms with Gasteiger partial charge in [0.15, 0.2) is 0 Å². The maximum absolute atomic E-state index is 12.1. The van der Waals surface area contributed by atoms with Crippen LogP contribution in [-0.4, -0.2) is 13.1 Å². The second-order valence-electron chi connectivity index (χ2n) is 6.20. The Morgan fingerprint density at radius 2 is 1.31 bits per heavy atom. The van der Waals surface area contributed by atoms with E-state index in [9.17, 15) is 4.79 Å². The van der Waals surface area contributed by atoms with Crippen LogP contribution in [0, 0.1) is 0 Å². The van der Waals surface area contributed by atoms with Gasteiger partial charge in [0.1, 0.15) is 0 Å². The lowest BCUT2D eigenvalue weighted by molar-refractivity contribution is -0.141. The smallest absolute Gasteiger partial charge is 0.306 e. The number of hydrogen-bond acceptors (Lipinski definition) is 3. The van der Waals surface area contributed by atoms with Crippen molar-refractivity contribution in [2.75, 3.05) is 12.4 Å². The number of nitrogens with one attached hydrogen (secondary N) is 1. The lowest BCUT2D eigenvalue weighted by atomic mass is 9.84. The number of esters is 1. The Bertz CT molecular complexity index is 803. The molecule has 0 amide bonds. The summed E-state index contributed by atoms with van der Waals surface area (Å²) < 4.78 is 4.97. The number of methoxy groups -OCH3 is 1. The fourth-order valence-electron chi connectivity index (χ4n) is 3.18. The highest BCUT2D eigenvalue weighted by Gasteiger charge is 2.27. The number of anilines is 1. The van der Waals surface area contributed by atoms with Gasteiger partial charge in [0.05, 0.1) is 19.6 Å². The number of benzene rings is 3. The van der Waals surface area contributed by atoms with Crippen molar-refractivity contribution in [3.05, 3.63) is 102 Å². The normalized spacial score (nSPS) is 12.8. The Kier molecular flexibility index (Phi) is 6.05. The Balaban J connectivity index is 2.01. The fraction of sp³-hybridized carbons (Fsp3) is 0.174. The molecule has 0 bridgehead atoms. The molecule has 0 saturated carbocycles. The van der Waals surface area contributed by atoms with Gasteiger partial charge in [0.2, 0.25) is 0 Å². The van der Waals surface area contributed by atoms with E-state index in [0.29, 0.717) is 6.42 Å². The predicted molar refractivity (Wildman–Crippen MR) is 105 cm³/mol. The lowest BCUT2D eigenvalue weighted by Gasteiger charge is -2.29. The van der Waals surface area contributed by atoms with E-state index >= 15 is 0 Å². The van der Waals surface area contributed by atoms with E-state index in [1.54, 1.807) is 0 Å². The first kappa shape index (κ1) is 17.7. The minimum atomic E-state index is -0.213. The molecule has 3 aromatic rings. The van der Waals surface area contributed by atoms with Crippen molar-refractivity contribution in [2.24, 2.45) is 0 Å². The molecule has 3 nitrogen and oxygen atoms in total. The number of para-hydroxylation sites is 1. The zero-order valence-electron chi connectivity index (χ0n) is 14.8. The van der Waals surface area contributed by atoms with Crippen molar-refractivity contribution in [3.8, 4) is 0 Å². The van der Waals surface area contributed by atoms with Gasteiger partial charge < -0.3 is 10.1 Å². The maximum Gasteiger partial charge on any atom is 0.306 e. The summed E-state index contributed by atoms with van der Waals surface area (Å²) in [6.07, 6.45) is 0.305. The molecule has 0 spiro atoms. The molecule has 0 unspecified atom stereocenters. The number of rotatable bonds is 7. The van der Waals surface area contributed by atoms with E-state index in [2.05, 4.69) is 29.6 Å². The molecule has 0 heterocycles. The maximum atomic E-state index is 12.1. The highest BCUT2D eigenvalue weighted by atomic mass is 16.5. The molecule has 3 rings (SSSR count). The van der Waals surface area contributed by atoms with Crippen molar-refractivity contribution in [3.63, 3.8) is 0 Å². The quantitative estimate of drug-likeness (QED) is 0.599. The van der Waals surface area contributed by atoms with Crippen LogP contribution in [0.5, 0.6) is 0 Å². The van der Waals surface area contributed by atoms with Crippen LogP contribution < -0.4 is 5.32 Å². The first-order valence-electron chi connectivity index (χ1n) is 8.76. The van der Waals surface area contributed by atoms with Gasteiger partial charge in [-0.2, -0.15) is 0 Å². The molecule has 0 aliphatic carbocycles. The summed E-state index contributed by atoms with van der Waals surface area (Å²) in [6, 6.07) is 30.4. The first-order valence-corrected chi connectivity index (χ1v) is 8.76. The van der Waals surface area contributed by atoms with Gasteiger partial charge in [-0.3, -0.25) is 4.79 Å². The minimum absolute atomic E-state index is 0.0498. The summed E-state index contributed by atoms with van der Waals surface area (Å²) in [5, 5.41) is 3.62. The van der Waals surface area contributed by atoms with Gasteiger partial charge in [-0.05, 0) is 23.3 Å². The Labute approximate surface area is 154 Å².